The molecule has 0 aliphatic rings. The number of thioether (sulfide) groups is 2. The van der Waals surface area contributed by atoms with Gasteiger partial charge >= 0.3 is 0 Å². The lowest BCUT2D eigenvalue weighted by Gasteiger charge is -2.31. The fourth-order valence-electron chi connectivity index (χ4n) is 6.08. The Kier molecular flexibility index (Phi) is 12.1. The molecule has 0 heterocycles. The smallest absolute Gasteiger partial charge is 0.226 e. The lowest BCUT2D eigenvalue weighted by molar-refractivity contribution is 0.107. The number of halogens is 10. The molecule has 0 aliphatic carbocycles. The topological polar surface area (TPSA) is 40.6 Å². The monoisotopic (exact) mass is 864 g/mol. The first kappa shape index (κ1) is 41.6. The molecule has 0 radical (unpaired) electrons. The van der Waals surface area contributed by atoms with E-state index in [1.165, 1.54) is 9.80 Å². The Balaban J connectivity index is 1.57. The van der Waals surface area contributed by atoms with Crippen molar-refractivity contribution in [1.29, 1.82) is 0 Å². The van der Waals surface area contributed by atoms with Gasteiger partial charge in [-0.05, 0) is 84.2 Å². The summed E-state index contributed by atoms with van der Waals surface area (Å²) in [5, 5.41) is -2.61. The van der Waals surface area contributed by atoms with E-state index in [1.54, 1.807) is 121 Å². The summed E-state index contributed by atoms with van der Waals surface area (Å²) in [6, 6.07) is 34.0. The van der Waals surface area contributed by atoms with Gasteiger partial charge in [-0.2, -0.15) is 0 Å². The van der Waals surface area contributed by atoms with Crippen molar-refractivity contribution >= 4 is 67.9 Å². The number of nitrogens with zero attached hydrogens (tertiary/aromatic N) is 2. The first-order chi connectivity index (χ1) is 28.8. The summed E-state index contributed by atoms with van der Waals surface area (Å²) >= 11 is -0.685. The van der Waals surface area contributed by atoms with E-state index < -0.39 is 89.3 Å². The van der Waals surface area contributed by atoms with E-state index >= 15 is 17.6 Å². The maximum absolute atomic E-state index is 15.1. The van der Waals surface area contributed by atoms with E-state index in [4.69, 9.17) is 0 Å². The van der Waals surface area contributed by atoms with Crippen LogP contribution >= 0.6 is 23.5 Å². The van der Waals surface area contributed by atoms with Crippen molar-refractivity contribution in [2.75, 3.05) is 9.80 Å². The van der Waals surface area contributed by atoms with Crippen molar-refractivity contribution < 1.29 is 53.5 Å². The zero-order valence-corrected chi connectivity index (χ0v) is 31.6. The molecule has 16 heteroatoms. The summed E-state index contributed by atoms with van der Waals surface area (Å²) in [6.07, 6.45) is 0. The average molecular weight is 865 g/mol. The number of para-hydroxylation sites is 4. The van der Waals surface area contributed by atoms with Gasteiger partial charge < -0.3 is 9.80 Å². The molecule has 0 N–H and O–H groups in total. The second-order valence-electron chi connectivity index (χ2n) is 12.5. The lowest BCUT2D eigenvalue weighted by Crippen LogP contribution is -2.19. The highest BCUT2D eigenvalue weighted by Crippen LogP contribution is 2.47. The molecule has 0 aliphatic heterocycles. The number of hydrogen-bond acceptors (Lipinski definition) is 6. The predicted octanol–water partition coefficient (Wildman–Crippen LogP) is 13.9. The van der Waals surface area contributed by atoms with Crippen molar-refractivity contribution in [3.05, 3.63) is 203 Å². The SMILES string of the molecule is O=C(Sc1c(F)c(F)c(F)c(F)c1F)c1cc(N(c2ccccc2)c2ccccc2)c(C(=O)Sc2c(F)c(F)c(F)c(F)c2F)cc1N(c1ccccc1)c1ccccc1. The van der Waals surface area contributed by atoms with E-state index in [0.717, 1.165) is 12.1 Å². The molecular weight excluding hydrogens is 843 g/mol. The maximum Gasteiger partial charge on any atom is 0.226 e. The van der Waals surface area contributed by atoms with Gasteiger partial charge in [0.1, 0.15) is 0 Å². The van der Waals surface area contributed by atoms with Crippen molar-refractivity contribution in [3.63, 3.8) is 0 Å². The van der Waals surface area contributed by atoms with Gasteiger partial charge in [-0.25, -0.2) is 43.9 Å². The van der Waals surface area contributed by atoms with Crippen LogP contribution in [0.1, 0.15) is 20.7 Å². The van der Waals surface area contributed by atoms with E-state index in [9.17, 15) is 35.9 Å². The van der Waals surface area contributed by atoms with Gasteiger partial charge in [0.2, 0.25) is 21.9 Å². The van der Waals surface area contributed by atoms with Crippen molar-refractivity contribution in [2.24, 2.45) is 0 Å². The molecule has 0 unspecified atom stereocenters. The molecule has 0 bridgehead atoms. The van der Waals surface area contributed by atoms with Gasteiger partial charge in [-0.3, -0.25) is 9.59 Å². The standard InChI is InChI=1S/C44H22F10N2O2S2/c45-31-33(47)37(51)41(38(52)34(31)48)59-43(57)27-22-30(56(25-17-9-3-10-18-25)26-19-11-4-12-20-26)28(44(58)60-42-39(53)35(49)32(46)36(50)40(42)54)21-29(27)55(23-13-5-1-6-14-23)24-15-7-2-8-16-24/h1-22H. The number of benzene rings is 7. The Morgan fingerprint density at radius 3 is 0.783 bits per heavy atom. The minimum atomic E-state index is -2.46. The molecule has 0 saturated carbocycles. The van der Waals surface area contributed by atoms with E-state index in [2.05, 4.69) is 0 Å². The molecule has 0 saturated heterocycles. The first-order valence-corrected chi connectivity index (χ1v) is 18.9. The summed E-state index contributed by atoms with van der Waals surface area (Å²) in [5.74, 6) is -23.4. The molecule has 0 aromatic heterocycles. The second kappa shape index (κ2) is 17.4. The van der Waals surface area contributed by atoms with Crippen LogP contribution in [0.2, 0.25) is 0 Å². The van der Waals surface area contributed by atoms with Crippen LogP contribution in [0.25, 0.3) is 0 Å². The summed E-state index contributed by atoms with van der Waals surface area (Å²) in [4.78, 5) is 28.8. The highest BCUT2D eigenvalue weighted by molar-refractivity contribution is 8.14. The molecule has 4 nitrogen and oxygen atoms in total. The van der Waals surface area contributed by atoms with Crippen LogP contribution in [0.3, 0.4) is 0 Å². The van der Waals surface area contributed by atoms with Gasteiger partial charge in [0, 0.05) is 22.7 Å². The fourth-order valence-corrected chi connectivity index (χ4v) is 7.72. The van der Waals surface area contributed by atoms with Gasteiger partial charge in [-0.1, -0.05) is 72.8 Å². The van der Waals surface area contributed by atoms with E-state index in [1.807, 2.05) is 0 Å². The first-order valence-electron chi connectivity index (χ1n) is 17.3. The number of anilines is 6. The molecule has 60 heavy (non-hydrogen) atoms. The number of rotatable bonds is 10. The van der Waals surface area contributed by atoms with Crippen molar-refractivity contribution in [1.82, 2.24) is 0 Å². The third-order valence-electron chi connectivity index (χ3n) is 8.82. The Hall–Kier alpha value is -6.52. The van der Waals surface area contributed by atoms with Crippen molar-refractivity contribution in [2.45, 2.75) is 9.79 Å². The Labute approximate surface area is 342 Å². The van der Waals surface area contributed by atoms with Crippen LogP contribution in [0.5, 0.6) is 0 Å². The minimum Gasteiger partial charge on any atom is -0.310 e. The molecule has 7 rings (SSSR count). The van der Waals surface area contributed by atoms with Crippen LogP contribution in [-0.4, -0.2) is 10.2 Å². The lowest BCUT2D eigenvalue weighted by atomic mass is 10.0. The summed E-state index contributed by atoms with van der Waals surface area (Å²) in [7, 11) is 0. The highest BCUT2D eigenvalue weighted by Gasteiger charge is 2.34. The Bertz CT molecular complexity index is 2440. The van der Waals surface area contributed by atoms with E-state index in [0.29, 0.717) is 22.7 Å². The molecule has 302 valence electrons. The molecule has 0 spiro atoms. The number of hydrogen-bond donors (Lipinski definition) is 0. The second-order valence-corrected chi connectivity index (χ2v) is 14.4. The van der Waals surface area contributed by atoms with Crippen LogP contribution in [0.4, 0.5) is 78.0 Å². The van der Waals surface area contributed by atoms with Gasteiger partial charge in [0.25, 0.3) is 0 Å². The minimum absolute atomic E-state index is 0.278. The van der Waals surface area contributed by atoms with Crippen LogP contribution in [-0.2, 0) is 0 Å². The zero-order valence-electron chi connectivity index (χ0n) is 30.0. The van der Waals surface area contributed by atoms with E-state index in [-0.39, 0.29) is 34.9 Å². The molecule has 0 fully saturated rings. The highest BCUT2D eigenvalue weighted by atomic mass is 32.2. The Morgan fingerprint density at radius 1 is 0.333 bits per heavy atom. The molecule has 0 amide bonds. The normalized spacial score (nSPS) is 11.1. The Morgan fingerprint density at radius 2 is 0.550 bits per heavy atom. The van der Waals surface area contributed by atoms with Gasteiger partial charge in [-0.15, -0.1) is 0 Å². The largest absolute Gasteiger partial charge is 0.310 e. The van der Waals surface area contributed by atoms with Crippen molar-refractivity contribution in [3.8, 4) is 0 Å². The quantitative estimate of drug-likeness (QED) is 0.0590. The predicted molar refractivity (Wildman–Crippen MR) is 209 cm³/mol. The van der Waals surface area contributed by atoms with Gasteiger partial charge in [0.15, 0.2) is 46.5 Å². The third kappa shape index (κ3) is 7.82. The maximum atomic E-state index is 15.1. The molecule has 7 aromatic rings. The molecule has 7 aromatic carbocycles. The average Bonchev–Trinajstić information content (AvgIpc) is 3.28. The number of carbonyl (C=O) groups is 2. The third-order valence-corrected chi connectivity index (χ3v) is 10.8. The van der Waals surface area contributed by atoms with Crippen LogP contribution in [0.15, 0.2) is 143 Å². The summed E-state index contributed by atoms with van der Waals surface area (Å²) in [5.41, 5.74) is -0.385. The van der Waals surface area contributed by atoms with Gasteiger partial charge in [0.05, 0.1) is 32.3 Å². The molecule has 0 atom stereocenters. The number of carbonyl (C=O) groups excluding carboxylic acids is 2. The van der Waals surface area contributed by atoms with Crippen LogP contribution in [0, 0.1) is 58.2 Å². The summed E-state index contributed by atoms with van der Waals surface area (Å²) in [6.45, 7) is 0. The fraction of sp³-hybridized carbons (Fsp3) is 0. The zero-order chi connectivity index (χ0) is 42.8. The molecular formula is C44H22F10N2O2S2. The van der Waals surface area contributed by atoms with Crippen LogP contribution < -0.4 is 9.80 Å². The summed E-state index contributed by atoms with van der Waals surface area (Å²) < 4.78 is 146.